The van der Waals surface area contributed by atoms with Crippen LogP contribution < -0.4 is 5.32 Å². The Morgan fingerprint density at radius 2 is 1.61 bits per heavy atom. The van der Waals surface area contributed by atoms with Crippen LogP contribution in [0.3, 0.4) is 0 Å². The van der Waals surface area contributed by atoms with Crippen molar-refractivity contribution in [2.45, 2.75) is 70.6 Å². The average molecular weight is 407 g/mol. The summed E-state index contributed by atoms with van der Waals surface area (Å²) in [6.07, 6.45) is 7.51. The van der Waals surface area contributed by atoms with Gasteiger partial charge in [0.2, 0.25) is 15.9 Å². The van der Waals surface area contributed by atoms with Gasteiger partial charge in [0.15, 0.2) is 0 Å². The molecule has 0 bridgehead atoms. The van der Waals surface area contributed by atoms with Gasteiger partial charge in [-0.3, -0.25) is 4.79 Å². The Kier molecular flexibility index (Phi) is 6.81. The summed E-state index contributed by atoms with van der Waals surface area (Å²) in [4.78, 5) is 12.9. The highest BCUT2D eigenvalue weighted by atomic mass is 32.2. The van der Waals surface area contributed by atoms with Crippen LogP contribution in [0, 0.1) is 32.6 Å². The normalized spacial score (nSPS) is 19.8. The highest BCUT2D eigenvalue weighted by molar-refractivity contribution is 7.89. The number of carbonyl (C=O) groups is 1. The number of sulfonamides is 1. The first kappa shape index (κ1) is 21.3. The minimum absolute atomic E-state index is 0.0739. The Morgan fingerprint density at radius 3 is 2.18 bits per heavy atom. The van der Waals surface area contributed by atoms with E-state index in [0.717, 1.165) is 35.6 Å². The lowest BCUT2D eigenvalue weighted by Gasteiger charge is -2.31. The second-order valence-corrected chi connectivity index (χ2v) is 10.5. The molecule has 0 unspecified atom stereocenters. The van der Waals surface area contributed by atoms with E-state index >= 15 is 0 Å². The van der Waals surface area contributed by atoms with Gasteiger partial charge >= 0.3 is 0 Å². The minimum Gasteiger partial charge on any atom is -0.356 e. The van der Waals surface area contributed by atoms with Crippen LogP contribution in [-0.4, -0.2) is 38.3 Å². The highest BCUT2D eigenvalue weighted by Gasteiger charge is 2.33. The number of carbonyl (C=O) groups excluding carboxylic acids is 1. The maximum absolute atomic E-state index is 13.2. The molecule has 1 aliphatic carbocycles. The van der Waals surface area contributed by atoms with E-state index in [2.05, 4.69) is 5.32 Å². The summed E-state index contributed by atoms with van der Waals surface area (Å²) in [5.41, 5.74) is 2.66. The van der Waals surface area contributed by atoms with Crippen molar-refractivity contribution in [3.8, 4) is 0 Å². The fourth-order valence-corrected chi connectivity index (χ4v) is 6.79. The second-order valence-electron chi connectivity index (χ2n) is 8.64. The summed E-state index contributed by atoms with van der Waals surface area (Å²) < 4.78 is 27.9. The molecule has 2 aliphatic rings. The standard InChI is InChI=1S/C22H34N2O3S/c1-16-14-17(2)21(18(3)15-16)28(26,27)24-12-9-20(10-13-24)22(25)23-11-8-19-6-4-5-7-19/h14-15,19-20H,4-13H2,1-3H3,(H,23,25). The van der Waals surface area contributed by atoms with Crippen molar-refractivity contribution >= 4 is 15.9 Å². The van der Waals surface area contributed by atoms with E-state index in [9.17, 15) is 13.2 Å². The molecule has 1 amide bonds. The molecule has 0 atom stereocenters. The molecule has 156 valence electrons. The summed E-state index contributed by atoms with van der Waals surface area (Å²) in [5, 5.41) is 3.08. The molecule has 28 heavy (non-hydrogen) atoms. The molecule has 5 nitrogen and oxygen atoms in total. The fourth-order valence-electron chi connectivity index (χ4n) is 4.90. The van der Waals surface area contributed by atoms with Gasteiger partial charge in [-0.15, -0.1) is 0 Å². The minimum atomic E-state index is -3.52. The van der Waals surface area contributed by atoms with Crippen molar-refractivity contribution in [3.05, 3.63) is 28.8 Å². The number of piperidine rings is 1. The van der Waals surface area contributed by atoms with E-state index in [1.54, 1.807) is 4.31 Å². The third kappa shape index (κ3) is 4.77. The van der Waals surface area contributed by atoms with E-state index in [-0.39, 0.29) is 11.8 Å². The summed E-state index contributed by atoms with van der Waals surface area (Å²) >= 11 is 0. The molecule has 1 saturated heterocycles. The number of rotatable bonds is 6. The monoisotopic (exact) mass is 406 g/mol. The van der Waals surface area contributed by atoms with E-state index in [4.69, 9.17) is 0 Å². The number of hydrogen-bond acceptors (Lipinski definition) is 3. The van der Waals surface area contributed by atoms with Crippen LogP contribution in [0.25, 0.3) is 0 Å². The Morgan fingerprint density at radius 1 is 1.04 bits per heavy atom. The van der Waals surface area contributed by atoms with E-state index < -0.39 is 10.0 Å². The summed E-state index contributed by atoms with van der Waals surface area (Å²) in [6, 6.07) is 3.84. The molecule has 2 fully saturated rings. The predicted molar refractivity (Wildman–Crippen MR) is 112 cm³/mol. The second kappa shape index (κ2) is 8.95. The number of nitrogens with one attached hydrogen (secondary N) is 1. The van der Waals surface area contributed by atoms with Gasteiger partial charge in [-0.1, -0.05) is 43.4 Å². The number of benzene rings is 1. The van der Waals surface area contributed by atoms with Crippen molar-refractivity contribution in [2.75, 3.05) is 19.6 Å². The SMILES string of the molecule is Cc1cc(C)c(S(=O)(=O)N2CCC(C(=O)NCCC3CCCC3)CC2)c(C)c1. The first-order valence-electron chi connectivity index (χ1n) is 10.6. The molecule has 1 aromatic carbocycles. The van der Waals surface area contributed by atoms with Crippen LogP contribution in [0.5, 0.6) is 0 Å². The van der Waals surface area contributed by atoms with Crippen molar-refractivity contribution in [1.82, 2.24) is 9.62 Å². The predicted octanol–water partition coefficient (Wildman–Crippen LogP) is 3.71. The zero-order valence-corrected chi connectivity index (χ0v) is 18.3. The molecular weight excluding hydrogens is 372 g/mol. The van der Waals surface area contributed by atoms with Gasteiger partial charge in [0.05, 0.1) is 4.90 Å². The van der Waals surface area contributed by atoms with Gasteiger partial charge in [-0.25, -0.2) is 8.42 Å². The molecular formula is C22H34N2O3S. The molecule has 0 spiro atoms. The molecule has 1 aromatic rings. The molecule has 1 heterocycles. The molecule has 1 aliphatic heterocycles. The lowest BCUT2D eigenvalue weighted by molar-refractivity contribution is -0.126. The van der Waals surface area contributed by atoms with E-state index in [1.165, 1.54) is 25.7 Å². The van der Waals surface area contributed by atoms with E-state index in [1.807, 2.05) is 32.9 Å². The van der Waals surface area contributed by atoms with Crippen molar-refractivity contribution < 1.29 is 13.2 Å². The van der Waals surface area contributed by atoms with Crippen LogP contribution >= 0.6 is 0 Å². The van der Waals surface area contributed by atoms with Crippen molar-refractivity contribution in [3.63, 3.8) is 0 Å². The first-order valence-corrected chi connectivity index (χ1v) is 12.1. The van der Waals surface area contributed by atoms with Gasteiger partial charge in [0.1, 0.15) is 0 Å². The third-order valence-electron chi connectivity index (χ3n) is 6.35. The fraction of sp³-hybridized carbons (Fsp3) is 0.682. The lowest BCUT2D eigenvalue weighted by atomic mass is 9.97. The Balaban J connectivity index is 1.55. The number of amides is 1. The maximum atomic E-state index is 13.2. The van der Waals surface area contributed by atoms with Crippen molar-refractivity contribution in [2.24, 2.45) is 11.8 Å². The number of nitrogens with zero attached hydrogens (tertiary/aromatic N) is 1. The molecule has 1 N–H and O–H groups in total. The van der Waals surface area contributed by atoms with Crippen LogP contribution in [0.1, 0.15) is 61.6 Å². The Labute approximate surface area is 169 Å². The van der Waals surface area contributed by atoms with Gasteiger partial charge in [-0.05, 0) is 57.1 Å². The molecule has 3 rings (SSSR count). The Hall–Kier alpha value is -1.40. The first-order chi connectivity index (χ1) is 13.3. The molecule has 6 heteroatoms. The van der Waals surface area contributed by atoms with Crippen LogP contribution in [0.4, 0.5) is 0 Å². The van der Waals surface area contributed by atoms with Crippen LogP contribution in [0.15, 0.2) is 17.0 Å². The largest absolute Gasteiger partial charge is 0.356 e. The van der Waals surface area contributed by atoms with E-state index in [0.29, 0.717) is 30.8 Å². The number of aryl methyl sites for hydroxylation is 3. The Bertz CT molecular complexity index is 782. The highest BCUT2D eigenvalue weighted by Crippen LogP contribution is 2.29. The smallest absolute Gasteiger partial charge is 0.243 e. The molecule has 1 saturated carbocycles. The van der Waals surface area contributed by atoms with Crippen LogP contribution in [-0.2, 0) is 14.8 Å². The zero-order valence-electron chi connectivity index (χ0n) is 17.5. The quantitative estimate of drug-likeness (QED) is 0.783. The van der Waals surface area contributed by atoms with Gasteiger partial charge in [0.25, 0.3) is 0 Å². The molecule has 0 aromatic heterocycles. The average Bonchev–Trinajstić information content (AvgIpc) is 3.14. The van der Waals surface area contributed by atoms with Gasteiger partial charge in [-0.2, -0.15) is 4.31 Å². The number of hydrogen-bond donors (Lipinski definition) is 1. The summed E-state index contributed by atoms with van der Waals surface area (Å²) in [7, 11) is -3.52. The summed E-state index contributed by atoms with van der Waals surface area (Å²) in [6.45, 7) is 7.28. The van der Waals surface area contributed by atoms with Gasteiger partial charge in [0, 0.05) is 25.6 Å². The van der Waals surface area contributed by atoms with Crippen LogP contribution in [0.2, 0.25) is 0 Å². The topological polar surface area (TPSA) is 66.5 Å². The lowest BCUT2D eigenvalue weighted by Crippen LogP contribution is -2.43. The van der Waals surface area contributed by atoms with Gasteiger partial charge < -0.3 is 5.32 Å². The third-order valence-corrected chi connectivity index (χ3v) is 8.56. The van der Waals surface area contributed by atoms with Crippen molar-refractivity contribution in [1.29, 1.82) is 0 Å². The summed E-state index contributed by atoms with van der Waals surface area (Å²) in [5.74, 6) is 0.793. The maximum Gasteiger partial charge on any atom is 0.243 e. The molecule has 0 radical (unpaired) electrons. The zero-order chi connectivity index (χ0) is 20.3.